The number of hydrogen-bond donors (Lipinski definition) is 3. The molecule has 1 aliphatic rings. The highest BCUT2D eigenvalue weighted by Gasteiger charge is 2.53. The molecule has 49 heavy (non-hydrogen) atoms. The SMILES string of the molecule is COc1ccc(CNNC(=O)[C@@]2(C/C=C/c3ccccc3)N=C(c3ccc(OCCCO)cc3)O[C@H]2c2ccccc2N=[N+]=[N-])cc1OC. The number of methoxy groups -OCH3 is 2. The monoisotopic (exact) mass is 662 g/mol. The van der Waals surface area contributed by atoms with Crippen LogP contribution >= 0.6 is 0 Å². The molecule has 0 fully saturated rings. The zero-order valence-electron chi connectivity index (χ0n) is 27.3. The van der Waals surface area contributed by atoms with Gasteiger partial charge in [0.2, 0.25) is 5.90 Å². The lowest BCUT2D eigenvalue weighted by molar-refractivity contribution is -0.129. The molecular weight excluding hydrogens is 624 g/mol. The molecule has 0 aromatic heterocycles. The first kappa shape index (κ1) is 34.5. The number of carbonyl (C=O) groups excluding carboxylic acids is 1. The Morgan fingerprint density at radius 3 is 2.51 bits per heavy atom. The number of hydrazine groups is 1. The summed E-state index contributed by atoms with van der Waals surface area (Å²) in [6, 6.07) is 29.4. The van der Waals surface area contributed by atoms with Gasteiger partial charge in [-0.1, -0.05) is 77.9 Å². The lowest BCUT2D eigenvalue weighted by Crippen LogP contribution is -2.52. The average Bonchev–Trinajstić information content (AvgIpc) is 3.53. The first-order valence-electron chi connectivity index (χ1n) is 15.7. The molecule has 0 aliphatic carbocycles. The van der Waals surface area contributed by atoms with Crippen LogP contribution in [0.4, 0.5) is 5.69 Å². The number of nitrogens with one attached hydrogen (secondary N) is 2. The van der Waals surface area contributed by atoms with Crippen molar-refractivity contribution in [3.8, 4) is 17.2 Å². The van der Waals surface area contributed by atoms with Crippen molar-refractivity contribution < 1.29 is 28.8 Å². The third-order valence-electron chi connectivity index (χ3n) is 7.88. The summed E-state index contributed by atoms with van der Waals surface area (Å²) >= 11 is 0. The fourth-order valence-electron chi connectivity index (χ4n) is 5.40. The van der Waals surface area contributed by atoms with Crippen molar-refractivity contribution in [1.29, 1.82) is 0 Å². The summed E-state index contributed by atoms with van der Waals surface area (Å²) in [7, 11) is 3.13. The number of amides is 1. The van der Waals surface area contributed by atoms with Crippen LogP contribution in [0.1, 0.15) is 41.2 Å². The van der Waals surface area contributed by atoms with E-state index in [9.17, 15) is 10.3 Å². The van der Waals surface area contributed by atoms with Gasteiger partial charge in [0, 0.05) is 47.7 Å². The Bertz CT molecular complexity index is 1830. The molecule has 3 N–H and O–H groups in total. The van der Waals surface area contributed by atoms with Gasteiger partial charge in [0.15, 0.2) is 23.1 Å². The molecule has 252 valence electrons. The van der Waals surface area contributed by atoms with Gasteiger partial charge >= 0.3 is 0 Å². The Morgan fingerprint density at radius 1 is 1.02 bits per heavy atom. The summed E-state index contributed by atoms with van der Waals surface area (Å²) < 4.78 is 23.0. The van der Waals surface area contributed by atoms with Crippen molar-refractivity contribution in [2.24, 2.45) is 10.1 Å². The number of aliphatic hydroxyl groups excluding tert-OH is 1. The van der Waals surface area contributed by atoms with E-state index < -0.39 is 17.6 Å². The van der Waals surface area contributed by atoms with Crippen molar-refractivity contribution in [2.75, 3.05) is 27.4 Å². The minimum absolute atomic E-state index is 0.0352. The molecule has 12 heteroatoms. The normalized spacial score (nSPS) is 16.7. The molecule has 0 bridgehead atoms. The van der Waals surface area contributed by atoms with Gasteiger partial charge in [0.1, 0.15) is 5.75 Å². The Kier molecular flexibility index (Phi) is 11.9. The third-order valence-corrected chi connectivity index (χ3v) is 7.88. The molecule has 4 aromatic carbocycles. The largest absolute Gasteiger partial charge is 0.494 e. The van der Waals surface area contributed by atoms with E-state index in [0.717, 1.165) is 11.1 Å². The Morgan fingerprint density at radius 2 is 1.78 bits per heavy atom. The molecule has 0 saturated heterocycles. The van der Waals surface area contributed by atoms with Crippen LogP contribution in [-0.2, 0) is 16.1 Å². The zero-order valence-corrected chi connectivity index (χ0v) is 27.3. The second kappa shape index (κ2) is 16.8. The van der Waals surface area contributed by atoms with Crippen LogP contribution in [0, 0.1) is 0 Å². The third kappa shape index (κ3) is 8.38. The number of rotatable bonds is 16. The molecule has 5 rings (SSSR count). The number of aliphatic hydroxyl groups is 1. The van der Waals surface area contributed by atoms with E-state index in [1.54, 1.807) is 68.8 Å². The lowest BCUT2D eigenvalue weighted by atomic mass is 9.83. The minimum atomic E-state index is -1.53. The second-order valence-electron chi connectivity index (χ2n) is 11.1. The van der Waals surface area contributed by atoms with E-state index in [0.29, 0.717) is 47.1 Å². The average molecular weight is 663 g/mol. The van der Waals surface area contributed by atoms with Gasteiger partial charge in [-0.15, -0.1) is 0 Å². The molecule has 0 unspecified atom stereocenters. The van der Waals surface area contributed by atoms with E-state index >= 15 is 0 Å². The first-order valence-corrected chi connectivity index (χ1v) is 15.7. The summed E-state index contributed by atoms with van der Waals surface area (Å²) in [5, 5.41) is 13.0. The summed E-state index contributed by atoms with van der Waals surface area (Å²) in [5.74, 6) is 1.57. The number of hydrogen-bond acceptors (Lipinski definition) is 9. The topological polar surface area (TPSA) is 159 Å². The minimum Gasteiger partial charge on any atom is -0.494 e. The lowest BCUT2D eigenvalue weighted by Gasteiger charge is -2.30. The molecule has 12 nitrogen and oxygen atoms in total. The highest BCUT2D eigenvalue weighted by molar-refractivity contribution is 6.01. The van der Waals surface area contributed by atoms with Gasteiger partial charge in [0.25, 0.3) is 5.91 Å². The predicted molar refractivity (Wildman–Crippen MR) is 187 cm³/mol. The van der Waals surface area contributed by atoms with E-state index in [4.69, 9.17) is 29.0 Å². The van der Waals surface area contributed by atoms with Gasteiger partial charge in [-0.05, 0) is 53.1 Å². The fraction of sp³-hybridized carbons (Fsp3) is 0.243. The van der Waals surface area contributed by atoms with Gasteiger partial charge in [-0.25, -0.2) is 10.4 Å². The maximum absolute atomic E-state index is 14.5. The van der Waals surface area contributed by atoms with Gasteiger partial charge in [-0.3, -0.25) is 10.2 Å². The standard InChI is InChI=1S/C37H38N6O6/c1-46-32-20-15-27(24-33(32)47-2)25-39-42-36(45)37(21-8-12-26-10-4-3-5-11-26)34(30-13-6-7-14-31(30)41-43-38)49-35(40-37)28-16-18-29(19-17-28)48-23-9-22-44/h3-8,10-20,24,34,39,44H,9,21-23,25H2,1-2H3,(H,42,45)/b12-8+/t34-,37-/m0/s1. The number of benzene rings is 4. The van der Waals surface area contributed by atoms with Gasteiger partial charge in [0.05, 0.1) is 20.8 Å². The van der Waals surface area contributed by atoms with E-state index in [-0.39, 0.29) is 25.5 Å². The van der Waals surface area contributed by atoms with Crippen LogP contribution in [0.2, 0.25) is 0 Å². The first-order chi connectivity index (χ1) is 24.0. The predicted octanol–water partition coefficient (Wildman–Crippen LogP) is 6.59. The number of ether oxygens (including phenoxy) is 4. The summed E-state index contributed by atoms with van der Waals surface area (Å²) in [6.45, 7) is 0.684. The van der Waals surface area contributed by atoms with Crippen molar-refractivity contribution >= 4 is 23.6 Å². The van der Waals surface area contributed by atoms with Crippen molar-refractivity contribution in [3.63, 3.8) is 0 Å². The van der Waals surface area contributed by atoms with Crippen LogP contribution in [-0.4, -0.2) is 49.9 Å². The van der Waals surface area contributed by atoms with Crippen molar-refractivity contribution in [3.05, 3.63) is 136 Å². The molecule has 0 radical (unpaired) electrons. The zero-order chi connectivity index (χ0) is 34.5. The highest BCUT2D eigenvalue weighted by Crippen LogP contribution is 2.45. The van der Waals surface area contributed by atoms with Crippen LogP contribution in [0.3, 0.4) is 0 Å². The highest BCUT2D eigenvalue weighted by atomic mass is 16.5. The summed E-state index contributed by atoms with van der Waals surface area (Å²) in [6.07, 6.45) is 3.51. The van der Waals surface area contributed by atoms with Gasteiger partial charge in [-0.2, -0.15) is 0 Å². The molecule has 2 atom stereocenters. The molecule has 0 saturated carbocycles. The Balaban J connectivity index is 1.52. The van der Waals surface area contributed by atoms with Crippen LogP contribution in [0.5, 0.6) is 17.2 Å². The van der Waals surface area contributed by atoms with E-state index in [1.807, 2.05) is 54.6 Å². The number of nitrogens with zero attached hydrogens (tertiary/aromatic N) is 4. The Labute approximate surface area is 284 Å². The van der Waals surface area contributed by atoms with Crippen LogP contribution in [0.25, 0.3) is 16.5 Å². The molecular formula is C37H38N6O6. The quantitative estimate of drug-likeness (QED) is 0.0401. The maximum Gasteiger partial charge on any atom is 0.266 e. The summed E-state index contributed by atoms with van der Waals surface area (Å²) in [5.41, 5.74) is 17.0. The number of aliphatic imine (C=N–C) groups is 1. The number of azide groups is 1. The van der Waals surface area contributed by atoms with Crippen LogP contribution < -0.4 is 25.1 Å². The number of carbonyl (C=O) groups is 1. The molecule has 4 aromatic rings. The fourth-order valence-corrected chi connectivity index (χ4v) is 5.40. The second-order valence-corrected chi connectivity index (χ2v) is 11.1. The van der Waals surface area contributed by atoms with Gasteiger partial charge < -0.3 is 24.1 Å². The molecule has 0 spiro atoms. The van der Waals surface area contributed by atoms with E-state index in [2.05, 4.69) is 20.9 Å². The molecule has 1 amide bonds. The van der Waals surface area contributed by atoms with Crippen molar-refractivity contribution in [2.45, 2.75) is 31.0 Å². The van der Waals surface area contributed by atoms with E-state index in [1.165, 1.54) is 0 Å². The molecule has 1 aliphatic heterocycles. The van der Waals surface area contributed by atoms with Crippen molar-refractivity contribution in [1.82, 2.24) is 10.9 Å². The summed E-state index contributed by atoms with van der Waals surface area (Å²) in [4.78, 5) is 22.5. The smallest absolute Gasteiger partial charge is 0.266 e. The maximum atomic E-state index is 14.5. The van der Waals surface area contributed by atoms with Crippen LogP contribution in [0.15, 0.2) is 113 Å². The Hall–Kier alpha value is -5.81. The molecule has 1 heterocycles.